The van der Waals surface area contributed by atoms with Crippen LogP contribution in [0.5, 0.6) is 0 Å². The highest BCUT2D eigenvalue weighted by Gasteiger charge is 2.21. The Morgan fingerprint density at radius 2 is 2.00 bits per heavy atom. The van der Waals surface area contributed by atoms with Gasteiger partial charge in [-0.2, -0.15) is 5.10 Å². The minimum Gasteiger partial charge on any atom is -0.381 e. The molecule has 180 valence electrons. The van der Waals surface area contributed by atoms with Crippen LogP contribution in [0.15, 0.2) is 66.0 Å². The Labute approximate surface area is 206 Å². The Morgan fingerprint density at radius 1 is 1.17 bits per heavy atom. The van der Waals surface area contributed by atoms with Gasteiger partial charge in [0, 0.05) is 62.1 Å². The molecule has 0 radical (unpaired) electrons. The van der Waals surface area contributed by atoms with Gasteiger partial charge in [0.2, 0.25) is 5.95 Å². The Kier molecular flexibility index (Phi) is 6.61. The van der Waals surface area contributed by atoms with Crippen molar-refractivity contribution in [3.8, 4) is 11.3 Å². The lowest BCUT2D eigenvalue weighted by Gasteiger charge is -2.23. The number of halogens is 2. The molecule has 35 heavy (non-hydrogen) atoms. The van der Waals surface area contributed by atoms with Crippen molar-refractivity contribution in [2.24, 2.45) is 7.05 Å². The van der Waals surface area contributed by atoms with E-state index < -0.39 is 11.9 Å². The lowest BCUT2D eigenvalue weighted by Crippen LogP contribution is -2.28. The van der Waals surface area contributed by atoms with E-state index in [9.17, 15) is 9.18 Å². The normalized spacial score (nSPS) is 15.2. The van der Waals surface area contributed by atoms with E-state index in [1.165, 1.54) is 18.2 Å². The Hall–Kier alpha value is -3.56. The zero-order chi connectivity index (χ0) is 24.4. The van der Waals surface area contributed by atoms with Crippen LogP contribution in [0.4, 0.5) is 10.3 Å². The first-order valence-electron chi connectivity index (χ1n) is 11.3. The number of benzene rings is 1. The molecule has 0 aliphatic carbocycles. The SMILES string of the molecule is Cn1cc(C(c2ccc(Cl)c(F)c2)n2ccc(-c3ccnc(NC4CCOCC4)n3)cc2=O)cn1. The third kappa shape index (κ3) is 5.11. The molecule has 1 aliphatic heterocycles. The number of ether oxygens (including phenoxy) is 1. The summed E-state index contributed by atoms with van der Waals surface area (Å²) in [7, 11) is 1.79. The molecule has 0 bridgehead atoms. The Balaban J connectivity index is 1.48. The van der Waals surface area contributed by atoms with Crippen LogP contribution in [0.25, 0.3) is 11.3 Å². The second kappa shape index (κ2) is 9.97. The van der Waals surface area contributed by atoms with Gasteiger partial charge in [0.25, 0.3) is 5.56 Å². The van der Waals surface area contributed by atoms with Crippen LogP contribution in [-0.2, 0) is 11.8 Å². The van der Waals surface area contributed by atoms with E-state index in [0.717, 1.165) is 18.4 Å². The van der Waals surface area contributed by atoms with E-state index >= 15 is 0 Å². The van der Waals surface area contributed by atoms with E-state index in [4.69, 9.17) is 16.3 Å². The van der Waals surface area contributed by atoms with Crippen molar-refractivity contribution >= 4 is 17.5 Å². The van der Waals surface area contributed by atoms with Crippen LogP contribution in [0, 0.1) is 5.82 Å². The summed E-state index contributed by atoms with van der Waals surface area (Å²) in [6.45, 7) is 1.43. The molecular weight excluding hydrogens is 471 g/mol. The highest BCUT2D eigenvalue weighted by molar-refractivity contribution is 6.30. The molecule has 0 amide bonds. The predicted molar refractivity (Wildman–Crippen MR) is 131 cm³/mol. The smallest absolute Gasteiger partial charge is 0.252 e. The van der Waals surface area contributed by atoms with Crippen LogP contribution < -0.4 is 10.9 Å². The molecule has 1 N–H and O–H groups in total. The lowest BCUT2D eigenvalue weighted by molar-refractivity contribution is 0.0903. The molecule has 1 fully saturated rings. The van der Waals surface area contributed by atoms with Crippen LogP contribution in [0.1, 0.15) is 30.0 Å². The lowest BCUT2D eigenvalue weighted by atomic mass is 10.0. The van der Waals surface area contributed by atoms with Gasteiger partial charge in [-0.1, -0.05) is 17.7 Å². The van der Waals surface area contributed by atoms with Gasteiger partial charge >= 0.3 is 0 Å². The Morgan fingerprint density at radius 3 is 2.71 bits per heavy atom. The van der Waals surface area contributed by atoms with Crippen molar-refractivity contribution in [3.05, 3.63) is 93.5 Å². The van der Waals surface area contributed by atoms with E-state index in [1.54, 1.807) is 53.2 Å². The minimum atomic E-state index is -0.576. The number of hydrogen-bond acceptors (Lipinski definition) is 6. The molecule has 0 saturated carbocycles. The molecule has 10 heteroatoms. The highest BCUT2D eigenvalue weighted by Crippen LogP contribution is 2.28. The Bertz CT molecular complexity index is 1400. The number of anilines is 1. The average Bonchev–Trinajstić information content (AvgIpc) is 3.29. The topological polar surface area (TPSA) is 86.9 Å². The summed E-state index contributed by atoms with van der Waals surface area (Å²) >= 11 is 5.89. The van der Waals surface area contributed by atoms with Gasteiger partial charge in [-0.05, 0) is 42.7 Å². The molecule has 8 nitrogen and oxygen atoms in total. The first-order valence-corrected chi connectivity index (χ1v) is 11.7. The number of aromatic nitrogens is 5. The summed E-state index contributed by atoms with van der Waals surface area (Å²) in [5, 5.41) is 7.60. The van der Waals surface area contributed by atoms with Gasteiger partial charge in [-0.3, -0.25) is 9.48 Å². The number of rotatable bonds is 6. The van der Waals surface area contributed by atoms with Crippen LogP contribution in [0.3, 0.4) is 0 Å². The summed E-state index contributed by atoms with van der Waals surface area (Å²) in [6.07, 6.45) is 8.61. The summed E-state index contributed by atoms with van der Waals surface area (Å²) < 4.78 is 22.9. The fourth-order valence-corrected chi connectivity index (χ4v) is 4.37. The average molecular weight is 495 g/mol. The molecule has 4 heterocycles. The molecule has 0 spiro atoms. The first kappa shape index (κ1) is 23.2. The maximum atomic E-state index is 14.3. The predicted octanol–water partition coefficient (Wildman–Crippen LogP) is 4.06. The van der Waals surface area contributed by atoms with Crippen LogP contribution >= 0.6 is 11.6 Å². The summed E-state index contributed by atoms with van der Waals surface area (Å²) in [6, 6.07) is 9.33. The fourth-order valence-electron chi connectivity index (χ4n) is 4.25. The number of aryl methyl sites for hydroxylation is 1. The second-order valence-corrected chi connectivity index (χ2v) is 8.89. The first-order chi connectivity index (χ1) is 17.0. The maximum Gasteiger partial charge on any atom is 0.252 e. The van der Waals surface area contributed by atoms with Gasteiger partial charge in [-0.25, -0.2) is 14.4 Å². The molecule has 1 atom stereocenters. The number of nitrogens with one attached hydrogen (secondary N) is 1. The van der Waals surface area contributed by atoms with Crippen molar-refractivity contribution in [1.29, 1.82) is 0 Å². The van der Waals surface area contributed by atoms with Crippen molar-refractivity contribution in [3.63, 3.8) is 0 Å². The molecule has 3 aromatic heterocycles. The molecule has 1 aromatic carbocycles. The van der Waals surface area contributed by atoms with E-state index in [2.05, 4.69) is 20.4 Å². The van der Waals surface area contributed by atoms with Gasteiger partial charge in [0.1, 0.15) is 5.82 Å². The van der Waals surface area contributed by atoms with Crippen LogP contribution in [-0.4, -0.2) is 43.6 Å². The number of pyridine rings is 1. The number of hydrogen-bond donors (Lipinski definition) is 1. The van der Waals surface area contributed by atoms with Crippen molar-refractivity contribution < 1.29 is 9.13 Å². The second-order valence-electron chi connectivity index (χ2n) is 8.48. The third-order valence-electron chi connectivity index (χ3n) is 6.03. The number of nitrogens with zero attached hydrogens (tertiary/aromatic N) is 5. The van der Waals surface area contributed by atoms with E-state index in [1.807, 2.05) is 6.07 Å². The van der Waals surface area contributed by atoms with Crippen molar-refractivity contribution in [2.75, 3.05) is 18.5 Å². The van der Waals surface area contributed by atoms with Gasteiger partial charge in [0.05, 0.1) is 23.0 Å². The maximum absolute atomic E-state index is 14.3. The molecule has 5 rings (SSSR count). The molecule has 1 saturated heterocycles. The zero-order valence-electron chi connectivity index (χ0n) is 19.1. The quantitative estimate of drug-likeness (QED) is 0.435. The van der Waals surface area contributed by atoms with Crippen LogP contribution in [0.2, 0.25) is 5.02 Å². The molecule has 1 aliphatic rings. The van der Waals surface area contributed by atoms with E-state index in [-0.39, 0.29) is 16.6 Å². The highest BCUT2D eigenvalue weighted by atomic mass is 35.5. The standard InChI is InChI=1S/C25H24ClFN6O2/c1-32-15-18(14-29-32)24(17-2-3-20(26)21(27)12-17)33-9-5-16(13-23(33)34)22-4-8-28-25(31-22)30-19-6-10-35-11-7-19/h2-5,8-9,12-15,19,24H,6-7,10-11H2,1H3,(H,28,30,31). The molecular formula is C25H24ClFN6O2. The molecule has 4 aromatic rings. The monoisotopic (exact) mass is 494 g/mol. The minimum absolute atomic E-state index is 0.0234. The largest absolute Gasteiger partial charge is 0.381 e. The van der Waals surface area contributed by atoms with E-state index in [0.29, 0.717) is 36.0 Å². The third-order valence-corrected chi connectivity index (χ3v) is 6.34. The summed E-state index contributed by atoms with van der Waals surface area (Å²) in [4.78, 5) is 22.2. The van der Waals surface area contributed by atoms with Crippen molar-refractivity contribution in [2.45, 2.75) is 24.9 Å². The van der Waals surface area contributed by atoms with Gasteiger partial charge in [-0.15, -0.1) is 0 Å². The van der Waals surface area contributed by atoms with Crippen molar-refractivity contribution in [1.82, 2.24) is 24.3 Å². The van der Waals surface area contributed by atoms with Gasteiger partial charge in [0.15, 0.2) is 0 Å². The fraction of sp³-hybridized carbons (Fsp3) is 0.280. The zero-order valence-corrected chi connectivity index (χ0v) is 19.8. The summed E-state index contributed by atoms with van der Waals surface area (Å²) in [5.41, 5.74) is 2.36. The molecule has 1 unspecified atom stereocenters. The summed E-state index contributed by atoms with van der Waals surface area (Å²) in [5.74, 6) is -0.0308. The van der Waals surface area contributed by atoms with Gasteiger partial charge < -0.3 is 14.6 Å².